The zero-order chi connectivity index (χ0) is 18.4. The SMILES string of the molecule is O=C(OCCCc1ccncc1)c1ccc(S(=O)(=O)N2CCCC2)cc1. The Kier molecular flexibility index (Phi) is 6.00. The van der Waals surface area contributed by atoms with Crippen molar-refractivity contribution in [1.82, 2.24) is 9.29 Å². The zero-order valence-electron chi connectivity index (χ0n) is 14.5. The van der Waals surface area contributed by atoms with E-state index in [0.29, 0.717) is 25.3 Å². The van der Waals surface area contributed by atoms with Gasteiger partial charge >= 0.3 is 5.97 Å². The molecule has 3 rings (SSSR count). The van der Waals surface area contributed by atoms with Gasteiger partial charge in [-0.15, -0.1) is 0 Å². The van der Waals surface area contributed by atoms with E-state index in [9.17, 15) is 13.2 Å². The molecule has 0 radical (unpaired) electrons. The lowest BCUT2D eigenvalue weighted by atomic mass is 10.1. The molecule has 2 heterocycles. The molecule has 6 nitrogen and oxygen atoms in total. The van der Waals surface area contributed by atoms with E-state index in [0.717, 1.165) is 31.2 Å². The second kappa shape index (κ2) is 8.42. The lowest BCUT2D eigenvalue weighted by Crippen LogP contribution is -2.27. The van der Waals surface area contributed by atoms with Crippen molar-refractivity contribution in [1.29, 1.82) is 0 Å². The highest BCUT2D eigenvalue weighted by molar-refractivity contribution is 7.89. The van der Waals surface area contributed by atoms with Crippen LogP contribution in [-0.4, -0.2) is 43.4 Å². The van der Waals surface area contributed by atoms with Crippen LogP contribution in [0.15, 0.2) is 53.7 Å². The third-order valence-corrected chi connectivity index (χ3v) is 6.30. The van der Waals surface area contributed by atoms with Gasteiger partial charge in [-0.25, -0.2) is 13.2 Å². The number of hydrogen-bond donors (Lipinski definition) is 0. The summed E-state index contributed by atoms with van der Waals surface area (Å²) in [6.07, 6.45) is 6.78. The molecular formula is C19H22N2O4S. The molecule has 1 aromatic carbocycles. The second-order valence-electron chi connectivity index (χ2n) is 6.23. The van der Waals surface area contributed by atoms with Gasteiger partial charge in [-0.2, -0.15) is 4.31 Å². The molecule has 138 valence electrons. The predicted molar refractivity (Wildman–Crippen MR) is 97.3 cm³/mol. The van der Waals surface area contributed by atoms with Crippen molar-refractivity contribution in [2.45, 2.75) is 30.6 Å². The predicted octanol–water partition coefficient (Wildman–Crippen LogP) is 2.66. The summed E-state index contributed by atoms with van der Waals surface area (Å²) in [6, 6.07) is 9.83. The van der Waals surface area contributed by atoms with Crippen molar-refractivity contribution >= 4 is 16.0 Å². The average molecular weight is 374 g/mol. The number of benzene rings is 1. The molecule has 0 aliphatic carbocycles. The molecule has 2 aromatic rings. The largest absolute Gasteiger partial charge is 0.462 e. The minimum atomic E-state index is -3.46. The van der Waals surface area contributed by atoms with Crippen molar-refractivity contribution in [3.05, 3.63) is 59.9 Å². The molecule has 0 amide bonds. The topological polar surface area (TPSA) is 76.6 Å². The Morgan fingerprint density at radius 1 is 1.04 bits per heavy atom. The monoisotopic (exact) mass is 374 g/mol. The molecule has 1 aromatic heterocycles. The van der Waals surface area contributed by atoms with Gasteiger partial charge in [0.1, 0.15) is 0 Å². The standard InChI is InChI=1S/C19H22N2O4S/c22-19(25-15-3-4-16-9-11-20-12-10-16)17-5-7-18(8-6-17)26(23,24)21-13-1-2-14-21/h5-12H,1-4,13-15H2. The molecule has 1 fully saturated rings. The molecule has 0 unspecified atom stereocenters. The van der Waals surface area contributed by atoms with E-state index in [4.69, 9.17) is 4.74 Å². The van der Waals surface area contributed by atoms with Crippen LogP contribution in [0.2, 0.25) is 0 Å². The van der Waals surface area contributed by atoms with Gasteiger partial charge in [0.25, 0.3) is 0 Å². The number of carbonyl (C=O) groups excluding carboxylic acids is 1. The van der Waals surface area contributed by atoms with Crippen LogP contribution >= 0.6 is 0 Å². The smallest absolute Gasteiger partial charge is 0.338 e. The molecule has 1 aliphatic heterocycles. The summed E-state index contributed by atoms with van der Waals surface area (Å²) in [5.41, 5.74) is 1.50. The molecule has 0 N–H and O–H groups in total. The number of pyridine rings is 1. The quantitative estimate of drug-likeness (QED) is 0.550. The van der Waals surface area contributed by atoms with E-state index in [1.54, 1.807) is 12.4 Å². The van der Waals surface area contributed by atoms with Crippen LogP contribution in [0.4, 0.5) is 0 Å². The third-order valence-electron chi connectivity index (χ3n) is 4.39. The fourth-order valence-electron chi connectivity index (χ4n) is 2.91. The number of ether oxygens (including phenoxy) is 1. The van der Waals surface area contributed by atoms with E-state index in [1.807, 2.05) is 12.1 Å². The normalized spacial score (nSPS) is 15.1. The Balaban J connectivity index is 1.52. The highest BCUT2D eigenvalue weighted by atomic mass is 32.2. The number of esters is 1. The Labute approximate surface area is 153 Å². The highest BCUT2D eigenvalue weighted by Gasteiger charge is 2.27. The first kappa shape index (κ1) is 18.5. The number of carbonyl (C=O) groups is 1. The summed E-state index contributed by atoms with van der Waals surface area (Å²) < 4.78 is 31.7. The van der Waals surface area contributed by atoms with E-state index < -0.39 is 16.0 Å². The summed E-state index contributed by atoms with van der Waals surface area (Å²) >= 11 is 0. The number of aromatic nitrogens is 1. The first-order chi connectivity index (χ1) is 12.6. The van der Waals surface area contributed by atoms with Crippen LogP contribution in [0.1, 0.15) is 35.2 Å². The van der Waals surface area contributed by atoms with Gasteiger partial charge in [0.15, 0.2) is 0 Å². The van der Waals surface area contributed by atoms with Gasteiger partial charge in [0.2, 0.25) is 10.0 Å². The van der Waals surface area contributed by atoms with Crippen LogP contribution in [-0.2, 0) is 21.2 Å². The van der Waals surface area contributed by atoms with Crippen LogP contribution in [0.25, 0.3) is 0 Å². The van der Waals surface area contributed by atoms with Crippen molar-refractivity contribution < 1.29 is 17.9 Å². The lowest BCUT2D eigenvalue weighted by molar-refractivity contribution is 0.0500. The molecule has 0 saturated carbocycles. The fourth-order valence-corrected chi connectivity index (χ4v) is 4.43. The van der Waals surface area contributed by atoms with Gasteiger partial charge in [0.05, 0.1) is 17.1 Å². The molecular weight excluding hydrogens is 352 g/mol. The average Bonchev–Trinajstić information content (AvgIpc) is 3.22. The van der Waals surface area contributed by atoms with Gasteiger partial charge in [0, 0.05) is 25.5 Å². The molecule has 0 bridgehead atoms. The van der Waals surface area contributed by atoms with Crippen molar-refractivity contribution in [3.8, 4) is 0 Å². The Morgan fingerprint density at radius 3 is 2.35 bits per heavy atom. The zero-order valence-corrected chi connectivity index (χ0v) is 15.3. The maximum atomic E-state index is 12.5. The summed E-state index contributed by atoms with van der Waals surface area (Å²) in [5, 5.41) is 0. The Hall–Kier alpha value is -2.25. The van der Waals surface area contributed by atoms with E-state index in [-0.39, 0.29) is 4.90 Å². The Morgan fingerprint density at radius 2 is 1.69 bits per heavy atom. The number of rotatable bonds is 7. The van der Waals surface area contributed by atoms with Crippen LogP contribution in [0.3, 0.4) is 0 Å². The fraction of sp³-hybridized carbons (Fsp3) is 0.368. The summed E-state index contributed by atoms with van der Waals surface area (Å²) in [5.74, 6) is -0.440. The minimum Gasteiger partial charge on any atom is -0.462 e. The van der Waals surface area contributed by atoms with Gasteiger partial charge < -0.3 is 4.74 Å². The van der Waals surface area contributed by atoms with Gasteiger partial charge in [-0.1, -0.05) is 0 Å². The van der Waals surface area contributed by atoms with E-state index >= 15 is 0 Å². The van der Waals surface area contributed by atoms with Gasteiger partial charge in [-0.05, 0) is 67.6 Å². The number of sulfonamides is 1. The van der Waals surface area contributed by atoms with Crippen LogP contribution < -0.4 is 0 Å². The molecule has 7 heteroatoms. The van der Waals surface area contributed by atoms with Gasteiger partial charge in [-0.3, -0.25) is 4.98 Å². The summed E-state index contributed by atoms with van der Waals surface area (Å²) in [7, 11) is -3.46. The van der Waals surface area contributed by atoms with E-state index in [1.165, 1.54) is 28.6 Å². The number of aryl methyl sites for hydroxylation is 1. The first-order valence-corrected chi connectivity index (χ1v) is 10.2. The highest BCUT2D eigenvalue weighted by Crippen LogP contribution is 2.21. The molecule has 1 saturated heterocycles. The first-order valence-electron chi connectivity index (χ1n) is 8.73. The minimum absolute atomic E-state index is 0.216. The number of hydrogen-bond acceptors (Lipinski definition) is 5. The van der Waals surface area contributed by atoms with Crippen LogP contribution in [0, 0.1) is 0 Å². The summed E-state index contributed by atoms with van der Waals surface area (Å²) in [4.78, 5) is 16.3. The Bertz CT molecular complexity index is 830. The van der Waals surface area contributed by atoms with Crippen LogP contribution in [0.5, 0.6) is 0 Å². The second-order valence-corrected chi connectivity index (χ2v) is 8.17. The van der Waals surface area contributed by atoms with Crippen molar-refractivity contribution in [2.75, 3.05) is 19.7 Å². The van der Waals surface area contributed by atoms with Crippen molar-refractivity contribution in [2.24, 2.45) is 0 Å². The van der Waals surface area contributed by atoms with E-state index in [2.05, 4.69) is 4.98 Å². The maximum absolute atomic E-state index is 12.5. The molecule has 0 spiro atoms. The third kappa shape index (κ3) is 4.47. The maximum Gasteiger partial charge on any atom is 0.338 e. The summed E-state index contributed by atoms with van der Waals surface area (Å²) in [6.45, 7) is 1.43. The molecule has 26 heavy (non-hydrogen) atoms. The molecule has 0 atom stereocenters. The van der Waals surface area contributed by atoms with Crippen molar-refractivity contribution in [3.63, 3.8) is 0 Å². The molecule has 1 aliphatic rings. The number of nitrogens with zero attached hydrogens (tertiary/aromatic N) is 2. The lowest BCUT2D eigenvalue weighted by Gasteiger charge is -2.15.